The number of hydrogen-bond donors (Lipinski definition) is 1. The number of imidazole rings is 1. The first-order valence-electron chi connectivity index (χ1n) is 9.58. The van der Waals surface area contributed by atoms with Crippen molar-refractivity contribution in [2.75, 3.05) is 13.2 Å². The Morgan fingerprint density at radius 1 is 1.15 bits per heavy atom. The molecule has 0 saturated heterocycles. The summed E-state index contributed by atoms with van der Waals surface area (Å²) in [7, 11) is 0. The zero-order valence-electron chi connectivity index (χ0n) is 16.1. The van der Waals surface area contributed by atoms with Crippen molar-refractivity contribution in [2.45, 2.75) is 39.7 Å². The van der Waals surface area contributed by atoms with Crippen LogP contribution in [0.15, 0.2) is 48.5 Å². The number of rotatable bonds is 9. The molecule has 0 fully saturated rings. The first-order valence-corrected chi connectivity index (χ1v) is 9.58. The van der Waals surface area contributed by atoms with Gasteiger partial charge in [0.15, 0.2) is 0 Å². The minimum absolute atomic E-state index is 0.0927. The van der Waals surface area contributed by atoms with Gasteiger partial charge in [-0.15, -0.1) is 0 Å². The van der Waals surface area contributed by atoms with Crippen LogP contribution in [0.5, 0.6) is 5.75 Å². The second-order valence-electron chi connectivity index (χ2n) is 6.59. The van der Waals surface area contributed by atoms with E-state index in [4.69, 9.17) is 9.72 Å². The van der Waals surface area contributed by atoms with E-state index < -0.39 is 0 Å². The standard InChI is InChI=1S/C22H27N3O2/c1-3-22(26)23-14-8-13-21-24-18-10-5-6-11-19(18)25(21)15-16-27-20-12-7-4-9-17(20)2/h4-7,9-12H,3,8,13-16H2,1-2H3,(H,23,26). The fraction of sp³-hybridized carbons (Fsp3) is 0.364. The lowest BCUT2D eigenvalue weighted by atomic mass is 10.2. The molecule has 1 heterocycles. The van der Waals surface area contributed by atoms with Crippen LogP contribution in [0.1, 0.15) is 31.2 Å². The molecule has 3 aromatic rings. The minimum atomic E-state index is 0.0927. The summed E-state index contributed by atoms with van der Waals surface area (Å²) in [5.41, 5.74) is 3.26. The average molecular weight is 365 g/mol. The van der Waals surface area contributed by atoms with Gasteiger partial charge in [0.25, 0.3) is 0 Å². The molecule has 142 valence electrons. The molecular weight excluding hydrogens is 338 g/mol. The van der Waals surface area contributed by atoms with Crippen LogP contribution >= 0.6 is 0 Å². The summed E-state index contributed by atoms with van der Waals surface area (Å²) in [5.74, 6) is 2.05. The molecule has 1 N–H and O–H groups in total. The smallest absolute Gasteiger partial charge is 0.219 e. The molecule has 0 radical (unpaired) electrons. The number of nitrogens with zero attached hydrogens (tertiary/aromatic N) is 2. The largest absolute Gasteiger partial charge is 0.491 e. The Labute approximate surface area is 160 Å². The monoisotopic (exact) mass is 365 g/mol. The molecule has 3 rings (SSSR count). The molecule has 0 unspecified atom stereocenters. The summed E-state index contributed by atoms with van der Waals surface area (Å²) in [6.45, 7) is 5.92. The van der Waals surface area contributed by atoms with Gasteiger partial charge in [0.2, 0.25) is 5.91 Å². The Balaban J connectivity index is 1.67. The molecule has 2 aromatic carbocycles. The van der Waals surface area contributed by atoms with Gasteiger partial charge in [-0.25, -0.2) is 4.98 Å². The molecule has 0 aliphatic carbocycles. The summed E-state index contributed by atoms with van der Waals surface area (Å²) in [6, 6.07) is 16.2. The van der Waals surface area contributed by atoms with Gasteiger partial charge in [-0.3, -0.25) is 4.79 Å². The van der Waals surface area contributed by atoms with Crippen molar-refractivity contribution in [3.63, 3.8) is 0 Å². The van der Waals surface area contributed by atoms with E-state index in [-0.39, 0.29) is 5.91 Å². The van der Waals surface area contributed by atoms with Gasteiger partial charge in [0.1, 0.15) is 18.2 Å². The maximum Gasteiger partial charge on any atom is 0.219 e. The van der Waals surface area contributed by atoms with Crippen molar-refractivity contribution >= 4 is 16.9 Å². The number of aryl methyl sites for hydroxylation is 2. The lowest BCUT2D eigenvalue weighted by Crippen LogP contribution is -2.23. The first kappa shape index (κ1) is 19.0. The molecular formula is C22H27N3O2. The number of amides is 1. The van der Waals surface area contributed by atoms with Crippen molar-refractivity contribution in [2.24, 2.45) is 0 Å². The Kier molecular flexibility index (Phi) is 6.47. The zero-order chi connectivity index (χ0) is 19.1. The summed E-state index contributed by atoms with van der Waals surface area (Å²) < 4.78 is 8.21. The van der Waals surface area contributed by atoms with Crippen molar-refractivity contribution in [1.29, 1.82) is 0 Å². The van der Waals surface area contributed by atoms with E-state index in [1.165, 1.54) is 0 Å². The summed E-state index contributed by atoms with van der Waals surface area (Å²) >= 11 is 0. The van der Waals surface area contributed by atoms with Gasteiger partial charge in [-0.1, -0.05) is 37.3 Å². The van der Waals surface area contributed by atoms with E-state index in [1.807, 2.05) is 43.3 Å². The molecule has 5 heteroatoms. The number of ether oxygens (including phenoxy) is 1. The number of carbonyl (C=O) groups is 1. The molecule has 5 nitrogen and oxygen atoms in total. The highest BCUT2D eigenvalue weighted by Gasteiger charge is 2.10. The van der Waals surface area contributed by atoms with Crippen molar-refractivity contribution in [3.05, 3.63) is 59.9 Å². The van der Waals surface area contributed by atoms with Gasteiger partial charge in [0.05, 0.1) is 17.6 Å². The second kappa shape index (κ2) is 9.21. The number of carbonyl (C=O) groups excluding carboxylic acids is 1. The lowest BCUT2D eigenvalue weighted by molar-refractivity contribution is -0.120. The molecule has 0 atom stereocenters. The molecule has 27 heavy (non-hydrogen) atoms. The zero-order valence-corrected chi connectivity index (χ0v) is 16.1. The highest BCUT2D eigenvalue weighted by Crippen LogP contribution is 2.19. The van der Waals surface area contributed by atoms with Gasteiger partial charge in [-0.2, -0.15) is 0 Å². The number of fused-ring (bicyclic) bond motifs is 1. The van der Waals surface area contributed by atoms with Crippen LogP contribution in [0.3, 0.4) is 0 Å². The van der Waals surface area contributed by atoms with Crippen LogP contribution in [0, 0.1) is 6.92 Å². The van der Waals surface area contributed by atoms with Gasteiger partial charge in [-0.05, 0) is 37.1 Å². The van der Waals surface area contributed by atoms with Crippen LogP contribution in [0.4, 0.5) is 0 Å². The number of para-hydroxylation sites is 3. The van der Waals surface area contributed by atoms with Crippen molar-refractivity contribution in [1.82, 2.24) is 14.9 Å². The SMILES string of the molecule is CCC(=O)NCCCc1nc2ccccc2n1CCOc1ccccc1C. The predicted octanol–water partition coefficient (Wildman–Crippen LogP) is 3.88. The maximum atomic E-state index is 11.4. The minimum Gasteiger partial charge on any atom is -0.491 e. The van der Waals surface area contributed by atoms with Crippen molar-refractivity contribution in [3.8, 4) is 5.75 Å². The van der Waals surface area contributed by atoms with Crippen molar-refractivity contribution < 1.29 is 9.53 Å². The van der Waals surface area contributed by atoms with Crippen LogP contribution in [-0.2, 0) is 17.8 Å². The van der Waals surface area contributed by atoms with Gasteiger partial charge >= 0.3 is 0 Å². The van der Waals surface area contributed by atoms with E-state index in [0.717, 1.165) is 47.6 Å². The van der Waals surface area contributed by atoms with Crippen LogP contribution in [-0.4, -0.2) is 28.6 Å². The van der Waals surface area contributed by atoms with E-state index in [9.17, 15) is 4.79 Å². The molecule has 1 amide bonds. The number of hydrogen-bond acceptors (Lipinski definition) is 3. The topological polar surface area (TPSA) is 56.2 Å². The number of aromatic nitrogens is 2. The van der Waals surface area contributed by atoms with E-state index in [0.29, 0.717) is 19.6 Å². The van der Waals surface area contributed by atoms with E-state index >= 15 is 0 Å². The second-order valence-corrected chi connectivity index (χ2v) is 6.59. The van der Waals surface area contributed by atoms with E-state index in [1.54, 1.807) is 0 Å². The average Bonchev–Trinajstić information content (AvgIpc) is 3.04. The van der Waals surface area contributed by atoms with Crippen LogP contribution in [0.2, 0.25) is 0 Å². The predicted molar refractivity (Wildman–Crippen MR) is 108 cm³/mol. The Bertz CT molecular complexity index is 901. The molecule has 0 bridgehead atoms. The third-order valence-corrected chi connectivity index (χ3v) is 4.62. The normalized spacial score (nSPS) is 10.9. The highest BCUT2D eigenvalue weighted by atomic mass is 16.5. The van der Waals surface area contributed by atoms with Crippen LogP contribution in [0.25, 0.3) is 11.0 Å². The molecule has 0 aliphatic heterocycles. The highest BCUT2D eigenvalue weighted by molar-refractivity contribution is 5.76. The maximum absolute atomic E-state index is 11.4. The van der Waals surface area contributed by atoms with Gasteiger partial charge in [0, 0.05) is 19.4 Å². The Morgan fingerprint density at radius 3 is 2.74 bits per heavy atom. The van der Waals surface area contributed by atoms with Crippen LogP contribution < -0.4 is 10.1 Å². The Hall–Kier alpha value is -2.82. The quantitative estimate of drug-likeness (QED) is 0.586. The fourth-order valence-corrected chi connectivity index (χ4v) is 3.13. The Morgan fingerprint density at radius 2 is 1.93 bits per heavy atom. The fourth-order valence-electron chi connectivity index (χ4n) is 3.13. The third kappa shape index (κ3) is 4.88. The third-order valence-electron chi connectivity index (χ3n) is 4.62. The summed E-state index contributed by atoms with van der Waals surface area (Å²) in [6.07, 6.45) is 2.21. The number of benzene rings is 2. The molecule has 1 aromatic heterocycles. The molecule has 0 saturated carbocycles. The molecule has 0 spiro atoms. The number of nitrogens with one attached hydrogen (secondary N) is 1. The molecule has 0 aliphatic rings. The summed E-state index contributed by atoms with van der Waals surface area (Å²) in [5, 5.41) is 2.93. The summed E-state index contributed by atoms with van der Waals surface area (Å²) in [4.78, 5) is 16.2. The van der Waals surface area contributed by atoms with Gasteiger partial charge < -0.3 is 14.6 Å². The first-order chi connectivity index (χ1) is 13.2. The van der Waals surface area contributed by atoms with E-state index in [2.05, 4.69) is 28.9 Å². The lowest BCUT2D eigenvalue weighted by Gasteiger charge is -2.12.